The number of ether oxygens (including phenoxy) is 1. The number of carbonyl (C=O) groups excluding carboxylic acids is 1. The molecule has 0 bridgehead atoms. The highest BCUT2D eigenvalue weighted by Crippen LogP contribution is 2.50. The van der Waals surface area contributed by atoms with Gasteiger partial charge in [-0.25, -0.2) is 17.9 Å². The highest BCUT2D eigenvalue weighted by Gasteiger charge is 2.66. The molecule has 0 N–H and O–H groups in total. The maximum atomic E-state index is 13.9. The summed E-state index contributed by atoms with van der Waals surface area (Å²) >= 11 is 4.00. The highest BCUT2D eigenvalue weighted by atomic mass is 32.1. The molecule has 114 valence electrons. The van der Waals surface area contributed by atoms with Crippen molar-refractivity contribution in [3.05, 3.63) is 35.9 Å². The van der Waals surface area contributed by atoms with Crippen molar-refractivity contribution in [3.8, 4) is 0 Å². The summed E-state index contributed by atoms with van der Waals surface area (Å²) in [6.45, 7) is 0.00220. The van der Waals surface area contributed by atoms with Crippen molar-refractivity contribution in [2.45, 2.75) is 12.5 Å². The van der Waals surface area contributed by atoms with Gasteiger partial charge in [-0.1, -0.05) is 43.1 Å². The lowest BCUT2D eigenvalue weighted by Crippen LogP contribution is -2.65. The monoisotopic (exact) mass is 314 g/mol. The van der Waals surface area contributed by atoms with Gasteiger partial charge < -0.3 is 9.64 Å². The lowest BCUT2D eigenvalue weighted by atomic mass is 9.76. The van der Waals surface area contributed by atoms with Crippen molar-refractivity contribution in [2.75, 3.05) is 26.2 Å². The second-order valence-corrected chi connectivity index (χ2v) is 6.27. The normalized spacial score (nSPS) is 23.1. The van der Waals surface area contributed by atoms with E-state index in [1.807, 2.05) is 30.3 Å². The first-order valence-corrected chi connectivity index (χ1v) is 7.09. The molecule has 0 atom stereocenters. The fraction of sp³-hybridized carbons (Fsp3) is 0.500. The molecule has 2 aliphatic rings. The molecule has 2 heterocycles. The number of rotatable bonds is 2. The smallest absolute Gasteiger partial charge is 0.410 e. The Balaban J connectivity index is 1.53. The van der Waals surface area contributed by atoms with E-state index in [9.17, 15) is 13.6 Å². The second-order valence-electron chi connectivity index (χ2n) is 5.70. The Labute approximate surface area is 127 Å². The van der Waals surface area contributed by atoms with E-state index in [1.54, 1.807) is 0 Å². The summed E-state index contributed by atoms with van der Waals surface area (Å²) in [5.41, 5.74) is -0.297. The van der Waals surface area contributed by atoms with Crippen molar-refractivity contribution >= 4 is 18.9 Å². The topological polar surface area (TPSA) is 32.8 Å². The van der Waals surface area contributed by atoms with E-state index in [4.69, 9.17) is 4.74 Å². The van der Waals surface area contributed by atoms with Crippen LogP contribution in [0.4, 0.5) is 13.6 Å². The van der Waals surface area contributed by atoms with E-state index in [1.165, 1.54) is 9.21 Å². The number of likely N-dealkylation sites (tertiary alicyclic amines) is 1. The molecule has 2 fully saturated rings. The lowest BCUT2D eigenvalue weighted by Gasteiger charge is -2.49. The van der Waals surface area contributed by atoms with Crippen molar-refractivity contribution in [1.29, 1.82) is 0 Å². The third-order valence-corrected chi connectivity index (χ3v) is 4.38. The Hall–Kier alpha value is -1.34. The zero-order valence-corrected chi connectivity index (χ0v) is 12.2. The quantitative estimate of drug-likeness (QED) is 0.851. The molecule has 0 aliphatic carbocycles. The predicted octanol–water partition coefficient (Wildman–Crippen LogP) is 2.42. The Morgan fingerprint density at radius 3 is 2.43 bits per heavy atom. The van der Waals surface area contributed by atoms with Crippen molar-refractivity contribution in [3.63, 3.8) is 0 Å². The van der Waals surface area contributed by atoms with Gasteiger partial charge in [0, 0.05) is 19.6 Å². The first-order chi connectivity index (χ1) is 9.92. The Bertz CT molecular complexity index is 535. The van der Waals surface area contributed by atoms with E-state index in [2.05, 4.69) is 12.8 Å². The number of thiol groups is 1. The Kier molecular flexibility index (Phi) is 3.57. The molecule has 3 rings (SSSR count). The van der Waals surface area contributed by atoms with Gasteiger partial charge in [-0.3, -0.25) is 0 Å². The maximum Gasteiger partial charge on any atom is 0.410 e. The van der Waals surface area contributed by atoms with Crippen LogP contribution >= 0.6 is 12.8 Å². The zero-order chi connectivity index (χ0) is 15.1. The number of nitrogens with zero attached hydrogens (tertiary/aromatic N) is 2. The van der Waals surface area contributed by atoms with Crippen LogP contribution in [0.25, 0.3) is 0 Å². The summed E-state index contributed by atoms with van der Waals surface area (Å²) in [5.74, 6) is -2.81. The fourth-order valence-electron chi connectivity index (χ4n) is 2.87. The molecule has 1 spiro atoms. The van der Waals surface area contributed by atoms with Crippen LogP contribution in [0.3, 0.4) is 0 Å². The largest absolute Gasteiger partial charge is 0.445 e. The molecular weight excluding hydrogens is 298 g/mol. The van der Waals surface area contributed by atoms with Crippen molar-refractivity contribution < 1.29 is 18.3 Å². The zero-order valence-electron chi connectivity index (χ0n) is 11.3. The minimum atomic E-state index is -2.81. The Morgan fingerprint density at radius 2 is 1.86 bits per heavy atom. The van der Waals surface area contributed by atoms with Crippen LogP contribution in [-0.2, 0) is 11.3 Å². The molecule has 4 nitrogen and oxygen atoms in total. The summed E-state index contributed by atoms with van der Waals surface area (Å²) in [6, 6.07) is 9.25. The number of halogens is 2. The summed E-state index contributed by atoms with van der Waals surface area (Å²) in [5, 5.41) is 0. The third-order valence-electron chi connectivity index (χ3n) is 4.09. The molecular formula is C14H16F2N2O2S. The average molecular weight is 314 g/mol. The number of alkyl halides is 2. The molecule has 1 aromatic rings. The molecule has 0 unspecified atom stereocenters. The van der Waals surface area contributed by atoms with E-state index >= 15 is 0 Å². The van der Waals surface area contributed by atoms with Crippen LogP contribution in [0, 0.1) is 5.41 Å². The van der Waals surface area contributed by atoms with Crippen LogP contribution < -0.4 is 0 Å². The minimum Gasteiger partial charge on any atom is -0.445 e. The van der Waals surface area contributed by atoms with E-state index in [-0.39, 0.29) is 32.8 Å². The number of carbonyl (C=O) groups is 1. The Morgan fingerprint density at radius 1 is 1.19 bits per heavy atom. The van der Waals surface area contributed by atoms with Gasteiger partial charge in [-0.2, -0.15) is 0 Å². The SMILES string of the molecule is O=C(OCc1ccccc1)N1CC2(CN(S)CC2(F)F)C1. The van der Waals surface area contributed by atoms with Crippen LogP contribution in [0.2, 0.25) is 0 Å². The van der Waals surface area contributed by atoms with Gasteiger partial charge in [0.15, 0.2) is 0 Å². The molecule has 0 aromatic heterocycles. The van der Waals surface area contributed by atoms with Gasteiger partial charge in [0.2, 0.25) is 0 Å². The van der Waals surface area contributed by atoms with Crippen molar-refractivity contribution in [2.24, 2.45) is 5.41 Å². The van der Waals surface area contributed by atoms with Crippen molar-refractivity contribution in [1.82, 2.24) is 9.21 Å². The number of hydrogen-bond donors (Lipinski definition) is 1. The summed E-state index contributed by atoms with van der Waals surface area (Å²) in [4.78, 5) is 13.2. The number of amides is 1. The molecule has 2 aliphatic heterocycles. The van der Waals surface area contributed by atoms with E-state index in [0.717, 1.165) is 5.56 Å². The molecule has 2 saturated heterocycles. The van der Waals surface area contributed by atoms with E-state index < -0.39 is 17.4 Å². The lowest BCUT2D eigenvalue weighted by molar-refractivity contribution is -0.148. The number of benzene rings is 1. The summed E-state index contributed by atoms with van der Waals surface area (Å²) in [7, 11) is 0. The molecule has 21 heavy (non-hydrogen) atoms. The predicted molar refractivity (Wildman–Crippen MR) is 76.1 cm³/mol. The molecule has 1 amide bonds. The first-order valence-electron chi connectivity index (χ1n) is 6.69. The summed E-state index contributed by atoms with van der Waals surface area (Å²) in [6.07, 6.45) is -0.544. The van der Waals surface area contributed by atoms with Gasteiger partial charge >= 0.3 is 6.09 Å². The number of hydrogen-bond acceptors (Lipinski definition) is 4. The standard InChI is InChI=1S/C14H16F2N2O2S/c15-14(16)10-18(21)9-13(14)7-17(8-13)12(19)20-6-11-4-2-1-3-5-11/h1-5,21H,6-10H2. The van der Waals surface area contributed by atoms with E-state index in [0.29, 0.717) is 0 Å². The fourth-order valence-corrected chi connectivity index (χ4v) is 3.32. The van der Waals surface area contributed by atoms with Crippen LogP contribution in [0.15, 0.2) is 30.3 Å². The van der Waals surface area contributed by atoms with Crippen LogP contribution in [-0.4, -0.2) is 47.4 Å². The van der Waals surface area contributed by atoms with Gasteiger partial charge in [-0.15, -0.1) is 0 Å². The van der Waals surface area contributed by atoms with Gasteiger partial charge in [0.1, 0.15) is 6.61 Å². The van der Waals surface area contributed by atoms with Crippen LogP contribution in [0.1, 0.15) is 5.56 Å². The third kappa shape index (κ3) is 2.60. The van der Waals surface area contributed by atoms with Gasteiger partial charge in [0.05, 0.1) is 12.0 Å². The minimum absolute atomic E-state index is 0.0185. The van der Waals surface area contributed by atoms with Gasteiger partial charge in [0.25, 0.3) is 5.92 Å². The second kappa shape index (κ2) is 5.14. The maximum absolute atomic E-state index is 13.9. The average Bonchev–Trinajstić information content (AvgIpc) is 2.64. The molecule has 1 aromatic carbocycles. The highest BCUT2D eigenvalue weighted by molar-refractivity contribution is 7.77. The molecule has 0 radical (unpaired) electrons. The summed E-state index contributed by atoms with van der Waals surface area (Å²) < 4.78 is 34.3. The van der Waals surface area contributed by atoms with Gasteiger partial charge in [-0.05, 0) is 5.56 Å². The molecule has 0 saturated carbocycles. The van der Waals surface area contributed by atoms with Crippen LogP contribution in [0.5, 0.6) is 0 Å². The molecule has 7 heteroatoms. The first kappa shape index (κ1) is 14.6.